The van der Waals surface area contributed by atoms with E-state index in [-0.39, 0.29) is 18.2 Å². The summed E-state index contributed by atoms with van der Waals surface area (Å²) in [6, 6.07) is 9.50. The fraction of sp³-hybridized carbons (Fsp3) is 0.214. The van der Waals surface area contributed by atoms with Crippen LogP contribution in [0.1, 0.15) is 5.56 Å². The average molecular weight is 284 g/mol. The van der Waals surface area contributed by atoms with Crippen molar-refractivity contribution in [2.75, 3.05) is 7.11 Å². The van der Waals surface area contributed by atoms with Gasteiger partial charge in [-0.15, -0.1) is 12.4 Å². The summed E-state index contributed by atoms with van der Waals surface area (Å²) in [6.07, 6.45) is 0.374. The van der Waals surface area contributed by atoms with Gasteiger partial charge >= 0.3 is 5.97 Å². The molecule has 1 atom stereocenters. The van der Waals surface area contributed by atoms with Crippen LogP contribution in [0.25, 0.3) is 10.8 Å². The molecule has 3 nitrogen and oxygen atoms in total. The van der Waals surface area contributed by atoms with Gasteiger partial charge in [-0.05, 0) is 34.9 Å². The molecule has 2 rings (SSSR count). The molecular formula is C14H15ClFNO2. The lowest BCUT2D eigenvalue weighted by molar-refractivity contribution is -0.142. The lowest BCUT2D eigenvalue weighted by atomic mass is 10.0. The average Bonchev–Trinajstić information content (AvgIpc) is 2.37. The van der Waals surface area contributed by atoms with Gasteiger partial charge in [-0.25, -0.2) is 4.39 Å². The van der Waals surface area contributed by atoms with Gasteiger partial charge in [0.05, 0.1) is 7.11 Å². The van der Waals surface area contributed by atoms with Gasteiger partial charge in [-0.3, -0.25) is 4.79 Å². The molecule has 0 aliphatic carbocycles. The minimum atomic E-state index is -0.694. The van der Waals surface area contributed by atoms with Crippen LogP contribution in [0.4, 0.5) is 4.39 Å². The molecule has 0 aliphatic rings. The zero-order chi connectivity index (χ0) is 13.1. The van der Waals surface area contributed by atoms with Gasteiger partial charge < -0.3 is 10.5 Å². The van der Waals surface area contributed by atoms with Crippen LogP contribution in [0.2, 0.25) is 0 Å². The van der Waals surface area contributed by atoms with Crippen molar-refractivity contribution < 1.29 is 13.9 Å². The van der Waals surface area contributed by atoms with Crippen LogP contribution in [-0.2, 0) is 16.0 Å². The number of carbonyl (C=O) groups is 1. The summed E-state index contributed by atoms with van der Waals surface area (Å²) in [5.74, 6) is -0.730. The summed E-state index contributed by atoms with van der Waals surface area (Å²) in [7, 11) is 1.30. The van der Waals surface area contributed by atoms with Gasteiger partial charge in [0.1, 0.15) is 11.9 Å². The van der Waals surface area contributed by atoms with Crippen LogP contribution in [0.3, 0.4) is 0 Å². The lowest BCUT2D eigenvalue weighted by Gasteiger charge is -2.09. The fourth-order valence-corrected chi connectivity index (χ4v) is 1.88. The Bertz CT molecular complexity index is 589. The van der Waals surface area contributed by atoms with E-state index in [1.807, 2.05) is 18.2 Å². The highest BCUT2D eigenvalue weighted by Crippen LogP contribution is 2.18. The molecule has 5 heteroatoms. The minimum Gasteiger partial charge on any atom is -0.468 e. The van der Waals surface area contributed by atoms with E-state index in [2.05, 4.69) is 4.74 Å². The van der Waals surface area contributed by atoms with Crippen LogP contribution in [0.15, 0.2) is 36.4 Å². The van der Waals surface area contributed by atoms with E-state index in [0.717, 1.165) is 16.3 Å². The third-order valence-electron chi connectivity index (χ3n) is 2.83. The van der Waals surface area contributed by atoms with Crippen LogP contribution in [0.5, 0.6) is 0 Å². The maximum absolute atomic E-state index is 13.1. The predicted octanol–water partition coefficient (Wildman–Crippen LogP) is 2.44. The van der Waals surface area contributed by atoms with Crippen LogP contribution < -0.4 is 5.73 Å². The number of fused-ring (bicyclic) bond motifs is 1. The highest BCUT2D eigenvalue weighted by atomic mass is 35.5. The molecule has 2 aromatic carbocycles. The van der Waals surface area contributed by atoms with E-state index in [1.165, 1.54) is 19.2 Å². The normalized spacial score (nSPS) is 11.7. The van der Waals surface area contributed by atoms with E-state index in [1.54, 1.807) is 6.07 Å². The lowest BCUT2D eigenvalue weighted by Crippen LogP contribution is -2.33. The Morgan fingerprint density at radius 1 is 1.26 bits per heavy atom. The zero-order valence-electron chi connectivity index (χ0n) is 10.4. The van der Waals surface area contributed by atoms with Crippen molar-refractivity contribution in [2.45, 2.75) is 12.5 Å². The molecule has 0 radical (unpaired) electrons. The number of esters is 1. The SMILES string of the molecule is COC(=O)[C@@H](N)Cc1ccc2ccc(F)cc2c1.Cl. The first-order valence-electron chi connectivity index (χ1n) is 5.62. The third-order valence-corrected chi connectivity index (χ3v) is 2.83. The Morgan fingerprint density at radius 3 is 2.63 bits per heavy atom. The smallest absolute Gasteiger partial charge is 0.322 e. The Hall–Kier alpha value is -1.65. The number of rotatable bonds is 3. The maximum atomic E-state index is 13.1. The highest BCUT2D eigenvalue weighted by Gasteiger charge is 2.14. The third kappa shape index (κ3) is 3.66. The summed E-state index contributed by atoms with van der Waals surface area (Å²) in [6.45, 7) is 0. The summed E-state index contributed by atoms with van der Waals surface area (Å²) < 4.78 is 17.7. The second kappa shape index (κ2) is 6.50. The molecule has 102 valence electrons. The number of halogens is 2. The first-order valence-corrected chi connectivity index (χ1v) is 5.62. The summed E-state index contributed by atoms with van der Waals surface area (Å²) >= 11 is 0. The number of benzene rings is 2. The number of hydrogen-bond acceptors (Lipinski definition) is 3. The minimum absolute atomic E-state index is 0. The number of methoxy groups -OCH3 is 1. The van der Waals surface area contributed by atoms with Gasteiger partial charge in [-0.2, -0.15) is 0 Å². The predicted molar refractivity (Wildman–Crippen MR) is 74.8 cm³/mol. The maximum Gasteiger partial charge on any atom is 0.322 e. The molecular weight excluding hydrogens is 269 g/mol. The standard InChI is InChI=1S/C14H14FNO2.ClH/c1-18-14(17)13(16)7-9-2-3-10-4-5-12(15)8-11(10)6-9;/h2-6,8,13H,7,16H2,1H3;1H/t13-;/m0./s1. The first kappa shape index (κ1) is 15.4. The van der Waals surface area contributed by atoms with Gasteiger partial charge in [0.15, 0.2) is 0 Å². The summed E-state index contributed by atoms with van der Waals surface area (Å²) in [5.41, 5.74) is 6.57. The molecule has 0 unspecified atom stereocenters. The molecule has 0 saturated carbocycles. The van der Waals surface area contributed by atoms with Gasteiger partial charge in [0.2, 0.25) is 0 Å². The Balaban J connectivity index is 0.00000180. The fourth-order valence-electron chi connectivity index (χ4n) is 1.88. The first-order chi connectivity index (χ1) is 8.60. The van der Waals surface area contributed by atoms with Crippen molar-refractivity contribution in [3.63, 3.8) is 0 Å². The number of carbonyl (C=O) groups excluding carboxylic acids is 1. The van der Waals surface area contributed by atoms with E-state index >= 15 is 0 Å². The second-order valence-electron chi connectivity index (χ2n) is 4.16. The molecule has 2 N–H and O–H groups in total. The van der Waals surface area contributed by atoms with Crippen LogP contribution in [-0.4, -0.2) is 19.1 Å². The number of nitrogens with two attached hydrogens (primary N) is 1. The van der Waals surface area contributed by atoms with E-state index in [0.29, 0.717) is 6.42 Å². The van der Waals surface area contributed by atoms with E-state index in [9.17, 15) is 9.18 Å². The molecule has 0 heterocycles. The Kier molecular flexibility index (Phi) is 5.27. The summed E-state index contributed by atoms with van der Waals surface area (Å²) in [5, 5.41) is 1.75. The Morgan fingerprint density at radius 2 is 1.95 bits per heavy atom. The van der Waals surface area contributed by atoms with Crippen molar-refractivity contribution in [2.24, 2.45) is 5.73 Å². The van der Waals surface area contributed by atoms with Crippen molar-refractivity contribution in [3.8, 4) is 0 Å². The Labute approximate surface area is 117 Å². The second-order valence-corrected chi connectivity index (χ2v) is 4.16. The molecule has 0 spiro atoms. The highest BCUT2D eigenvalue weighted by molar-refractivity contribution is 5.85. The zero-order valence-corrected chi connectivity index (χ0v) is 11.2. The van der Waals surface area contributed by atoms with Crippen molar-refractivity contribution in [1.29, 1.82) is 0 Å². The van der Waals surface area contributed by atoms with E-state index in [4.69, 9.17) is 5.73 Å². The van der Waals surface area contributed by atoms with Crippen molar-refractivity contribution in [3.05, 3.63) is 47.8 Å². The molecule has 2 aromatic rings. The molecule has 19 heavy (non-hydrogen) atoms. The largest absolute Gasteiger partial charge is 0.468 e. The molecule has 0 bridgehead atoms. The number of hydrogen-bond donors (Lipinski definition) is 1. The molecule has 0 aliphatic heterocycles. The van der Waals surface area contributed by atoms with Crippen LogP contribution in [0, 0.1) is 5.82 Å². The monoisotopic (exact) mass is 283 g/mol. The van der Waals surface area contributed by atoms with Crippen LogP contribution >= 0.6 is 12.4 Å². The van der Waals surface area contributed by atoms with Gasteiger partial charge in [0.25, 0.3) is 0 Å². The topological polar surface area (TPSA) is 52.3 Å². The molecule has 0 fully saturated rings. The van der Waals surface area contributed by atoms with E-state index < -0.39 is 12.0 Å². The van der Waals surface area contributed by atoms with Gasteiger partial charge in [-0.1, -0.05) is 24.3 Å². The molecule has 0 amide bonds. The van der Waals surface area contributed by atoms with Crippen molar-refractivity contribution >= 4 is 29.1 Å². The van der Waals surface area contributed by atoms with Gasteiger partial charge in [0, 0.05) is 0 Å². The molecule has 0 aromatic heterocycles. The quantitative estimate of drug-likeness (QED) is 0.880. The number of ether oxygens (including phenoxy) is 1. The molecule has 0 saturated heterocycles. The van der Waals surface area contributed by atoms with Crippen molar-refractivity contribution in [1.82, 2.24) is 0 Å². The summed E-state index contributed by atoms with van der Waals surface area (Å²) in [4.78, 5) is 11.2.